The zero-order valence-corrected chi connectivity index (χ0v) is 12.9. The Bertz CT molecular complexity index is 640. The molecule has 0 amide bonds. The van der Waals surface area contributed by atoms with Gasteiger partial charge in [-0.1, -0.05) is 0 Å². The third-order valence-corrected chi connectivity index (χ3v) is 2.57. The van der Waals surface area contributed by atoms with Gasteiger partial charge in [-0.15, -0.1) is 0 Å². The third-order valence-electron chi connectivity index (χ3n) is 2.57. The van der Waals surface area contributed by atoms with Crippen LogP contribution in [0.15, 0.2) is 18.0 Å². The van der Waals surface area contributed by atoms with E-state index >= 15 is 0 Å². The Morgan fingerprint density at radius 2 is 1.96 bits per heavy atom. The SMILES string of the molecule is CCOC(=O)/C(=C\c1ncc(C(=O)OCC)cc1[N+](=O)[O-])OC. The number of ether oxygens (including phenoxy) is 3. The number of carbonyl (C=O) groups is 2. The van der Waals surface area contributed by atoms with E-state index in [4.69, 9.17) is 14.2 Å². The van der Waals surface area contributed by atoms with Crippen molar-refractivity contribution >= 4 is 23.7 Å². The fourth-order valence-corrected chi connectivity index (χ4v) is 1.57. The van der Waals surface area contributed by atoms with Crippen molar-refractivity contribution in [3.8, 4) is 0 Å². The van der Waals surface area contributed by atoms with Gasteiger partial charge in [-0.05, 0) is 13.8 Å². The minimum absolute atomic E-state index is 0.0641. The number of rotatable bonds is 7. The fraction of sp³-hybridized carbons (Fsp3) is 0.357. The molecule has 0 N–H and O–H groups in total. The first-order chi connectivity index (χ1) is 10.9. The minimum atomic E-state index is -0.777. The normalized spacial score (nSPS) is 10.8. The molecule has 0 radical (unpaired) electrons. The second-order valence-corrected chi connectivity index (χ2v) is 4.04. The lowest BCUT2D eigenvalue weighted by atomic mass is 10.2. The molecule has 0 atom stereocenters. The molecule has 0 spiro atoms. The van der Waals surface area contributed by atoms with Crippen molar-refractivity contribution in [3.05, 3.63) is 39.4 Å². The van der Waals surface area contributed by atoms with Gasteiger partial charge in [0.1, 0.15) is 5.69 Å². The summed E-state index contributed by atoms with van der Waals surface area (Å²) in [6, 6.07) is 1.02. The molecule has 0 aliphatic rings. The van der Waals surface area contributed by atoms with Crippen LogP contribution < -0.4 is 0 Å². The number of methoxy groups -OCH3 is 1. The summed E-state index contributed by atoms with van der Waals surface area (Å²) in [7, 11) is 1.22. The predicted molar refractivity (Wildman–Crippen MR) is 78.5 cm³/mol. The first-order valence-electron chi connectivity index (χ1n) is 6.68. The summed E-state index contributed by atoms with van der Waals surface area (Å²) in [4.78, 5) is 37.5. The van der Waals surface area contributed by atoms with E-state index in [2.05, 4.69) is 4.98 Å². The lowest BCUT2D eigenvalue weighted by Gasteiger charge is -2.06. The average molecular weight is 324 g/mol. The molecular formula is C14H16N2O7. The van der Waals surface area contributed by atoms with Crippen molar-refractivity contribution < 1.29 is 28.7 Å². The maximum Gasteiger partial charge on any atom is 0.373 e. The van der Waals surface area contributed by atoms with Gasteiger partial charge in [-0.2, -0.15) is 0 Å². The molecule has 0 saturated heterocycles. The van der Waals surface area contributed by atoms with Gasteiger partial charge < -0.3 is 14.2 Å². The van der Waals surface area contributed by atoms with Gasteiger partial charge in [0.25, 0.3) is 5.69 Å². The van der Waals surface area contributed by atoms with Gasteiger partial charge in [0.2, 0.25) is 5.76 Å². The Labute approximate surface area is 132 Å². The van der Waals surface area contributed by atoms with Crippen LogP contribution in [0.4, 0.5) is 5.69 Å². The molecule has 0 unspecified atom stereocenters. The summed E-state index contributed by atoms with van der Waals surface area (Å²) >= 11 is 0. The molecule has 0 saturated carbocycles. The number of hydrogen-bond acceptors (Lipinski definition) is 8. The van der Waals surface area contributed by atoms with Gasteiger partial charge in [-0.25, -0.2) is 14.6 Å². The fourth-order valence-electron chi connectivity index (χ4n) is 1.57. The highest BCUT2D eigenvalue weighted by atomic mass is 16.6. The Kier molecular flexibility index (Phi) is 6.66. The number of aromatic nitrogens is 1. The predicted octanol–water partition coefficient (Wildman–Crippen LogP) is 1.72. The number of esters is 2. The summed E-state index contributed by atoms with van der Waals surface area (Å²) in [6.45, 7) is 3.48. The summed E-state index contributed by atoms with van der Waals surface area (Å²) in [6.07, 6.45) is 2.19. The average Bonchev–Trinajstić information content (AvgIpc) is 2.52. The minimum Gasteiger partial charge on any atom is -0.490 e. The molecule has 1 aromatic rings. The number of hydrogen-bond donors (Lipinski definition) is 0. The van der Waals surface area contributed by atoms with E-state index in [1.54, 1.807) is 13.8 Å². The van der Waals surface area contributed by atoms with Crippen molar-refractivity contribution in [3.63, 3.8) is 0 Å². The van der Waals surface area contributed by atoms with Crippen LogP contribution in [-0.2, 0) is 19.0 Å². The molecule has 124 valence electrons. The zero-order chi connectivity index (χ0) is 17.4. The molecule has 0 fully saturated rings. The Hall–Kier alpha value is -2.97. The molecule has 0 aromatic carbocycles. The molecule has 9 heteroatoms. The van der Waals surface area contributed by atoms with Gasteiger partial charge in [0, 0.05) is 18.3 Å². The molecule has 1 rings (SSSR count). The van der Waals surface area contributed by atoms with E-state index in [1.165, 1.54) is 7.11 Å². The lowest BCUT2D eigenvalue weighted by Crippen LogP contribution is -2.10. The highest BCUT2D eigenvalue weighted by molar-refractivity contribution is 5.93. The van der Waals surface area contributed by atoms with Crippen LogP contribution in [0, 0.1) is 10.1 Å². The quantitative estimate of drug-likeness (QED) is 0.244. The lowest BCUT2D eigenvalue weighted by molar-refractivity contribution is -0.385. The van der Waals surface area contributed by atoms with Crippen molar-refractivity contribution in [1.82, 2.24) is 4.98 Å². The van der Waals surface area contributed by atoms with Crippen LogP contribution in [-0.4, -0.2) is 42.2 Å². The van der Waals surface area contributed by atoms with Crippen molar-refractivity contribution in [1.29, 1.82) is 0 Å². The Balaban J connectivity index is 3.28. The maximum atomic E-state index is 11.6. The van der Waals surface area contributed by atoms with Gasteiger partial charge in [0.05, 0.1) is 30.8 Å². The van der Waals surface area contributed by atoms with E-state index in [0.29, 0.717) is 0 Å². The van der Waals surface area contributed by atoms with E-state index < -0.39 is 22.5 Å². The molecule has 0 aliphatic carbocycles. The number of nitro groups is 1. The highest BCUT2D eigenvalue weighted by Crippen LogP contribution is 2.21. The van der Waals surface area contributed by atoms with E-state index in [0.717, 1.165) is 18.3 Å². The first-order valence-corrected chi connectivity index (χ1v) is 6.68. The molecule has 0 bridgehead atoms. The van der Waals surface area contributed by atoms with Crippen LogP contribution in [0.5, 0.6) is 0 Å². The summed E-state index contributed by atoms with van der Waals surface area (Å²) in [5.74, 6) is -1.75. The third kappa shape index (κ3) is 4.77. The second kappa shape index (κ2) is 8.47. The Morgan fingerprint density at radius 3 is 2.48 bits per heavy atom. The number of pyridine rings is 1. The van der Waals surface area contributed by atoms with Crippen LogP contribution >= 0.6 is 0 Å². The standard InChI is InChI=1S/C14H16N2O7/c1-4-22-13(17)9-6-11(16(19)20)10(15-8-9)7-12(21-3)14(18)23-5-2/h6-8H,4-5H2,1-3H3/b12-7+. The molecule has 9 nitrogen and oxygen atoms in total. The monoisotopic (exact) mass is 324 g/mol. The van der Waals surface area contributed by atoms with E-state index in [-0.39, 0.29) is 30.2 Å². The maximum absolute atomic E-state index is 11.6. The molecule has 1 heterocycles. The topological polar surface area (TPSA) is 118 Å². The Morgan fingerprint density at radius 1 is 1.30 bits per heavy atom. The molecular weight excluding hydrogens is 308 g/mol. The van der Waals surface area contributed by atoms with Crippen LogP contribution in [0.2, 0.25) is 0 Å². The summed E-state index contributed by atoms with van der Waals surface area (Å²) < 4.78 is 14.4. The molecule has 1 aromatic heterocycles. The van der Waals surface area contributed by atoms with Gasteiger partial charge in [-0.3, -0.25) is 10.1 Å². The van der Waals surface area contributed by atoms with Crippen LogP contribution in [0.1, 0.15) is 29.9 Å². The van der Waals surface area contributed by atoms with Gasteiger partial charge >= 0.3 is 11.9 Å². The van der Waals surface area contributed by atoms with Crippen molar-refractivity contribution in [2.45, 2.75) is 13.8 Å². The van der Waals surface area contributed by atoms with Crippen molar-refractivity contribution in [2.24, 2.45) is 0 Å². The number of nitrogens with zero attached hydrogens (tertiary/aromatic N) is 2. The number of carbonyl (C=O) groups excluding carboxylic acids is 2. The zero-order valence-electron chi connectivity index (χ0n) is 12.9. The molecule has 0 aliphatic heterocycles. The van der Waals surface area contributed by atoms with E-state index in [1.807, 2.05) is 0 Å². The molecule has 23 heavy (non-hydrogen) atoms. The largest absolute Gasteiger partial charge is 0.490 e. The van der Waals surface area contributed by atoms with E-state index in [9.17, 15) is 19.7 Å². The first kappa shape index (κ1) is 18.1. The second-order valence-electron chi connectivity index (χ2n) is 4.04. The van der Waals surface area contributed by atoms with Crippen LogP contribution in [0.3, 0.4) is 0 Å². The van der Waals surface area contributed by atoms with Gasteiger partial charge in [0.15, 0.2) is 0 Å². The van der Waals surface area contributed by atoms with Crippen LogP contribution in [0.25, 0.3) is 6.08 Å². The van der Waals surface area contributed by atoms with Crippen molar-refractivity contribution in [2.75, 3.05) is 20.3 Å². The summed E-state index contributed by atoms with van der Waals surface area (Å²) in [5.41, 5.74) is -0.673. The smallest absolute Gasteiger partial charge is 0.373 e. The summed E-state index contributed by atoms with van der Waals surface area (Å²) in [5, 5.41) is 11.1. The highest BCUT2D eigenvalue weighted by Gasteiger charge is 2.21.